The average molecular weight is 255 g/mol. The van der Waals surface area contributed by atoms with E-state index < -0.39 is 0 Å². The summed E-state index contributed by atoms with van der Waals surface area (Å²) in [6, 6.07) is 17.5. The maximum absolute atomic E-state index is 2.20. The first-order chi connectivity index (χ1) is 8.88. The maximum atomic E-state index is 2.20. The first kappa shape index (κ1) is 13.6. The fourth-order valence-electron chi connectivity index (χ4n) is 2.05. The molecule has 0 heterocycles. The summed E-state index contributed by atoms with van der Waals surface area (Å²) in [7, 11) is 10.7. The molecule has 19 heavy (non-hydrogen) atoms. The van der Waals surface area contributed by atoms with Crippen LogP contribution in [0.1, 0.15) is 0 Å². The van der Waals surface area contributed by atoms with Gasteiger partial charge < -0.3 is 4.90 Å². The predicted octanol–water partition coefficient (Wildman–Crippen LogP) is 3.62. The van der Waals surface area contributed by atoms with E-state index in [0.29, 0.717) is 0 Å². The van der Waals surface area contributed by atoms with Gasteiger partial charge >= 0.3 is 0 Å². The molecule has 0 saturated carbocycles. The fraction of sp³-hybridized carbons (Fsp3) is 0.294. The standard InChI is InChI=1S/C17H23N2/c1-18(2)16-10-6-14(7-11-16)15-8-12-17(13-9-15)19(3,4)5/h6-13H,1-5H3/q+1. The van der Waals surface area contributed by atoms with Crippen LogP contribution in [0.3, 0.4) is 0 Å². The Morgan fingerprint density at radius 3 is 1.47 bits per heavy atom. The Morgan fingerprint density at radius 2 is 1.11 bits per heavy atom. The van der Waals surface area contributed by atoms with Crippen molar-refractivity contribution >= 4 is 11.4 Å². The van der Waals surface area contributed by atoms with Gasteiger partial charge in [-0.1, -0.05) is 12.1 Å². The van der Waals surface area contributed by atoms with Crippen molar-refractivity contribution in [3.63, 3.8) is 0 Å². The SMILES string of the molecule is CN(C)c1ccc(-c2ccc([N+](C)(C)C)cc2)cc1. The van der Waals surface area contributed by atoms with Crippen LogP contribution in [0, 0.1) is 0 Å². The first-order valence-corrected chi connectivity index (χ1v) is 6.58. The predicted molar refractivity (Wildman–Crippen MR) is 85.8 cm³/mol. The van der Waals surface area contributed by atoms with Crippen molar-refractivity contribution in [2.24, 2.45) is 0 Å². The summed E-state index contributed by atoms with van der Waals surface area (Å²) in [4.78, 5) is 2.12. The molecule has 0 N–H and O–H groups in total. The summed E-state index contributed by atoms with van der Waals surface area (Å²) in [6.45, 7) is 0. The molecule has 0 fully saturated rings. The van der Waals surface area contributed by atoms with Crippen LogP contribution < -0.4 is 9.38 Å². The molecule has 0 saturated heterocycles. The molecule has 2 heteroatoms. The van der Waals surface area contributed by atoms with E-state index in [1.807, 2.05) is 0 Å². The third-order valence-electron chi connectivity index (χ3n) is 3.36. The molecule has 0 bridgehead atoms. The first-order valence-electron chi connectivity index (χ1n) is 6.58. The van der Waals surface area contributed by atoms with Gasteiger partial charge in [-0.05, 0) is 47.5 Å². The fourth-order valence-corrected chi connectivity index (χ4v) is 2.05. The Labute approximate surface area is 116 Å². The second-order valence-corrected chi connectivity index (χ2v) is 6.00. The summed E-state index contributed by atoms with van der Waals surface area (Å²) in [5.74, 6) is 0. The monoisotopic (exact) mass is 255 g/mol. The van der Waals surface area contributed by atoms with Crippen LogP contribution in [0.2, 0.25) is 0 Å². The molecule has 0 aromatic heterocycles. The number of nitrogens with zero attached hydrogens (tertiary/aromatic N) is 2. The number of anilines is 1. The van der Waals surface area contributed by atoms with Gasteiger partial charge in [0.25, 0.3) is 0 Å². The third kappa shape index (κ3) is 3.15. The van der Waals surface area contributed by atoms with Crippen molar-refractivity contribution in [2.45, 2.75) is 0 Å². The molecule has 100 valence electrons. The molecule has 0 atom stereocenters. The Kier molecular flexibility index (Phi) is 3.63. The molecule has 0 aliphatic rings. The van der Waals surface area contributed by atoms with Gasteiger partial charge in [-0.2, -0.15) is 0 Å². The third-order valence-corrected chi connectivity index (χ3v) is 3.36. The number of rotatable bonds is 3. The number of hydrogen-bond acceptors (Lipinski definition) is 1. The molecule has 0 radical (unpaired) electrons. The molecular weight excluding hydrogens is 232 g/mol. The second kappa shape index (κ2) is 5.06. The van der Waals surface area contributed by atoms with E-state index in [1.54, 1.807) is 0 Å². The van der Waals surface area contributed by atoms with Gasteiger partial charge in [0.1, 0.15) is 5.69 Å². The van der Waals surface area contributed by atoms with Crippen LogP contribution in [0.25, 0.3) is 11.1 Å². The lowest BCUT2D eigenvalue weighted by Gasteiger charge is -2.23. The zero-order chi connectivity index (χ0) is 14.0. The van der Waals surface area contributed by atoms with Crippen molar-refractivity contribution in [3.8, 4) is 11.1 Å². The number of hydrogen-bond donors (Lipinski definition) is 0. The molecule has 0 unspecified atom stereocenters. The molecule has 0 aliphatic carbocycles. The van der Waals surface area contributed by atoms with Crippen LogP contribution in [0.5, 0.6) is 0 Å². The topological polar surface area (TPSA) is 3.24 Å². The van der Waals surface area contributed by atoms with Gasteiger partial charge in [0, 0.05) is 19.8 Å². The minimum atomic E-state index is 0.847. The smallest absolute Gasteiger partial charge is 0.132 e. The Hall–Kier alpha value is -1.80. The van der Waals surface area contributed by atoms with Crippen molar-refractivity contribution in [3.05, 3.63) is 48.5 Å². The minimum absolute atomic E-state index is 0.847. The number of quaternary nitrogens is 1. The van der Waals surface area contributed by atoms with E-state index in [-0.39, 0.29) is 0 Å². The highest BCUT2D eigenvalue weighted by atomic mass is 15.3. The summed E-state index contributed by atoms with van der Waals surface area (Å²) in [5.41, 5.74) is 5.07. The van der Waals surface area contributed by atoms with E-state index in [4.69, 9.17) is 0 Å². The number of benzene rings is 2. The van der Waals surface area contributed by atoms with Crippen molar-refractivity contribution in [2.75, 3.05) is 40.1 Å². The molecule has 2 nitrogen and oxygen atoms in total. The summed E-state index contributed by atoms with van der Waals surface area (Å²) in [6.07, 6.45) is 0. The summed E-state index contributed by atoms with van der Waals surface area (Å²) < 4.78 is 0.847. The second-order valence-electron chi connectivity index (χ2n) is 6.00. The van der Waals surface area contributed by atoms with Gasteiger partial charge in [0.15, 0.2) is 0 Å². The maximum Gasteiger partial charge on any atom is 0.132 e. The minimum Gasteiger partial charge on any atom is -0.378 e. The molecule has 0 spiro atoms. The summed E-state index contributed by atoms with van der Waals surface area (Å²) >= 11 is 0. The van der Waals surface area contributed by atoms with Crippen LogP contribution in [-0.2, 0) is 0 Å². The molecule has 2 aromatic carbocycles. The highest BCUT2D eigenvalue weighted by Gasteiger charge is 2.11. The zero-order valence-corrected chi connectivity index (χ0v) is 12.5. The zero-order valence-electron chi connectivity index (χ0n) is 12.5. The van der Waals surface area contributed by atoms with E-state index >= 15 is 0 Å². The summed E-state index contributed by atoms with van der Waals surface area (Å²) in [5, 5.41) is 0. The highest BCUT2D eigenvalue weighted by Crippen LogP contribution is 2.25. The van der Waals surface area contributed by atoms with Crippen molar-refractivity contribution in [1.29, 1.82) is 0 Å². The van der Waals surface area contributed by atoms with Gasteiger partial charge in [-0.25, -0.2) is 0 Å². The lowest BCUT2D eigenvalue weighted by Crippen LogP contribution is -2.34. The quantitative estimate of drug-likeness (QED) is 0.757. The molecule has 2 rings (SSSR count). The van der Waals surface area contributed by atoms with Gasteiger partial charge in [-0.3, -0.25) is 4.48 Å². The van der Waals surface area contributed by atoms with Crippen molar-refractivity contribution < 1.29 is 0 Å². The molecular formula is C17H23N2+. The van der Waals surface area contributed by atoms with Gasteiger partial charge in [0.05, 0.1) is 21.1 Å². The molecule has 2 aromatic rings. The highest BCUT2D eigenvalue weighted by molar-refractivity contribution is 5.68. The largest absolute Gasteiger partial charge is 0.378 e. The molecule has 0 aliphatic heterocycles. The average Bonchev–Trinajstić information content (AvgIpc) is 2.38. The van der Waals surface area contributed by atoms with Crippen LogP contribution >= 0.6 is 0 Å². The lowest BCUT2D eigenvalue weighted by molar-refractivity contribution is 0.486. The van der Waals surface area contributed by atoms with E-state index in [0.717, 1.165) is 4.48 Å². The van der Waals surface area contributed by atoms with Crippen LogP contribution in [0.15, 0.2) is 48.5 Å². The normalized spacial score (nSPS) is 11.4. The van der Waals surface area contributed by atoms with E-state index in [1.165, 1.54) is 22.5 Å². The van der Waals surface area contributed by atoms with Gasteiger partial charge in [-0.15, -0.1) is 0 Å². The van der Waals surface area contributed by atoms with E-state index in [9.17, 15) is 0 Å². The Balaban J connectivity index is 2.27. The van der Waals surface area contributed by atoms with Crippen LogP contribution in [-0.4, -0.2) is 35.2 Å². The van der Waals surface area contributed by atoms with E-state index in [2.05, 4.69) is 88.7 Å². The molecule has 0 amide bonds. The van der Waals surface area contributed by atoms with Crippen molar-refractivity contribution in [1.82, 2.24) is 4.48 Å². The Morgan fingerprint density at radius 1 is 0.684 bits per heavy atom. The Bertz CT molecular complexity index is 531. The van der Waals surface area contributed by atoms with Gasteiger partial charge in [0.2, 0.25) is 0 Å². The lowest BCUT2D eigenvalue weighted by atomic mass is 10.0. The van der Waals surface area contributed by atoms with Crippen LogP contribution in [0.4, 0.5) is 11.4 Å².